The number of nitrogen functional groups attached to an aromatic ring is 1. The molecule has 0 spiro atoms. The van der Waals surface area contributed by atoms with E-state index in [0.717, 1.165) is 11.8 Å². The first-order valence-electron chi connectivity index (χ1n) is 6.19. The van der Waals surface area contributed by atoms with Gasteiger partial charge >= 0.3 is 0 Å². The van der Waals surface area contributed by atoms with E-state index in [9.17, 15) is 0 Å². The lowest BCUT2D eigenvalue weighted by atomic mass is 9.95. The molecule has 3 N–H and O–H groups in total. The minimum atomic E-state index is 0.484. The molecule has 0 aromatic carbocycles. The Labute approximate surface area is 101 Å². The van der Waals surface area contributed by atoms with Crippen molar-refractivity contribution in [3.63, 3.8) is 0 Å². The van der Waals surface area contributed by atoms with E-state index in [2.05, 4.69) is 16.4 Å². The molecule has 1 aromatic rings. The van der Waals surface area contributed by atoms with E-state index >= 15 is 0 Å². The highest BCUT2D eigenvalue weighted by Gasteiger charge is 2.39. The van der Waals surface area contributed by atoms with Crippen molar-refractivity contribution in [1.82, 2.24) is 4.98 Å². The molecule has 1 heterocycles. The molecule has 0 amide bonds. The van der Waals surface area contributed by atoms with E-state index in [-0.39, 0.29) is 0 Å². The van der Waals surface area contributed by atoms with E-state index in [1.807, 2.05) is 0 Å². The van der Waals surface area contributed by atoms with Crippen LogP contribution in [0, 0.1) is 23.2 Å². The van der Waals surface area contributed by atoms with Crippen LogP contribution in [0.15, 0.2) is 12.3 Å². The number of nitriles is 1. The van der Waals surface area contributed by atoms with Gasteiger partial charge in [0.15, 0.2) is 5.82 Å². The Morgan fingerprint density at radius 2 is 2.29 bits per heavy atom. The van der Waals surface area contributed by atoms with Crippen molar-refractivity contribution in [3.8, 4) is 6.07 Å². The largest absolute Gasteiger partial charge is 0.395 e. The summed E-state index contributed by atoms with van der Waals surface area (Å²) in [5.41, 5.74) is 6.91. The zero-order valence-electron chi connectivity index (χ0n) is 9.69. The topological polar surface area (TPSA) is 74.7 Å². The summed E-state index contributed by atoms with van der Waals surface area (Å²) >= 11 is 0. The lowest BCUT2D eigenvalue weighted by Gasteiger charge is -2.24. The van der Waals surface area contributed by atoms with Crippen LogP contribution in [0.1, 0.15) is 31.2 Å². The summed E-state index contributed by atoms with van der Waals surface area (Å²) in [6.07, 6.45) is 6.91. The quantitative estimate of drug-likeness (QED) is 0.813. The highest BCUT2D eigenvalue weighted by atomic mass is 15.0. The average molecular weight is 228 g/mol. The summed E-state index contributed by atoms with van der Waals surface area (Å²) in [6, 6.07) is 4.24. The van der Waals surface area contributed by atoms with Crippen LogP contribution >= 0.6 is 0 Å². The van der Waals surface area contributed by atoms with Gasteiger partial charge in [-0.25, -0.2) is 4.98 Å². The van der Waals surface area contributed by atoms with Crippen molar-refractivity contribution in [1.29, 1.82) is 5.26 Å². The molecule has 2 bridgehead atoms. The maximum Gasteiger partial charge on any atom is 0.150 e. The number of fused-ring (bicyclic) bond motifs is 2. The normalized spacial score (nSPS) is 30.2. The molecule has 2 fully saturated rings. The van der Waals surface area contributed by atoms with Gasteiger partial charge in [0.05, 0.1) is 11.3 Å². The lowest BCUT2D eigenvalue weighted by Crippen LogP contribution is -2.26. The second-order valence-corrected chi connectivity index (χ2v) is 5.16. The number of nitrogens with one attached hydrogen (secondary N) is 1. The number of hydrogen-bond donors (Lipinski definition) is 2. The molecule has 3 rings (SSSR count). The van der Waals surface area contributed by atoms with E-state index in [1.54, 1.807) is 12.3 Å². The predicted octanol–water partition coefficient (Wildman–Crippen LogP) is 2.14. The van der Waals surface area contributed by atoms with Crippen LogP contribution in [0.3, 0.4) is 0 Å². The van der Waals surface area contributed by atoms with Crippen LogP contribution in [0.5, 0.6) is 0 Å². The van der Waals surface area contributed by atoms with Crippen molar-refractivity contribution in [2.24, 2.45) is 11.8 Å². The Hall–Kier alpha value is -1.76. The van der Waals surface area contributed by atoms with Crippen molar-refractivity contribution in [2.75, 3.05) is 11.1 Å². The number of anilines is 2. The van der Waals surface area contributed by atoms with E-state index in [1.165, 1.54) is 25.7 Å². The van der Waals surface area contributed by atoms with Crippen LogP contribution in [0.4, 0.5) is 11.5 Å². The van der Waals surface area contributed by atoms with Crippen molar-refractivity contribution in [2.45, 2.75) is 31.7 Å². The molecular formula is C13H16N4. The maximum atomic E-state index is 8.92. The molecule has 0 saturated heterocycles. The number of aromatic nitrogens is 1. The van der Waals surface area contributed by atoms with Crippen LogP contribution in [-0.4, -0.2) is 11.0 Å². The van der Waals surface area contributed by atoms with Gasteiger partial charge in [-0.15, -0.1) is 0 Å². The standard InChI is InChI=1S/C13H16N4/c14-7-10-3-4-16-13(12(10)15)17-11-6-8-1-2-9(11)5-8/h3-4,8-9,11H,1-2,5-6,15H2,(H,16,17). The number of hydrogen-bond acceptors (Lipinski definition) is 4. The Balaban J connectivity index is 1.80. The molecule has 3 atom stereocenters. The summed E-state index contributed by atoms with van der Waals surface area (Å²) in [4.78, 5) is 4.25. The monoisotopic (exact) mass is 228 g/mol. The van der Waals surface area contributed by atoms with Gasteiger partial charge in [0.2, 0.25) is 0 Å². The van der Waals surface area contributed by atoms with Crippen LogP contribution in [-0.2, 0) is 0 Å². The van der Waals surface area contributed by atoms with Gasteiger partial charge < -0.3 is 11.1 Å². The molecule has 0 radical (unpaired) electrons. The third-order valence-corrected chi connectivity index (χ3v) is 4.17. The maximum absolute atomic E-state index is 8.92. The summed E-state index contributed by atoms with van der Waals surface area (Å²) < 4.78 is 0. The summed E-state index contributed by atoms with van der Waals surface area (Å²) in [5.74, 6) is 2.34. The number of pyridine rings is 1. The third-order valence-electron chi connectivity index (χ3n) is 4.17. The molecule has 0 aliphatic heterocycles. The van der Waals surface area contributed by atoms with Gasteiger partial charge in [-0.2, -0.15) is 5.26 Å². The zero-order chi connectivity index (χ0) is 11.8. The second kappa shape index (κ2) is 3.92. The third kappa shape index (κ3) is 1.72. The van der Waals surface area contributed by atoms with Gasteiger partial charge in [-0.1, -0.05) is 6.42 Å². The minimum Gasteiger partial charge on any atom is -0.395 e. The fourth-order valence-corrected chi connectivity index (χ4v) is 3.28. The fourth-order valence-electron chi connectivity index (χ4n) is 3.28. The Kier molecular flexibility index (Phi) is 2.40. The first-order chi connectivity index (χ1) is 8.28. The molecule has 2 saturated carbocycles. The lowest BCUT2D eigenvalue weighted by molar-refractivity contribution is 0.439. The van der Waals surface area contributed by atoms with Gasteiger partial charge in [0.1, 0.15) is 6.07 Å². The molecule has 88 valence electrons. The molecule has 4 heteroatoms. The van der Waals surface area contributed by atoms with Crippen molar-refractivity contribution in [3.05, 3.63) is 17.8 Å². The van der Waals surface area contributed by atoms with Gasteiger partial charge in [-0.05, 0) is 37.2 Å². The zero-order valence-corrected chi connectivity index (χ0v) is 9.69. The van der Waals surface area contributed by atoms with Gasteiger partial charge in [-0.3, -0.25) is 0 Å². The van der Waals surface area contributed by atoms with Gasteiger partial charge in [0, 0.05) is 12.2 Å². The second-order valence-electron chi connectivity index (χ2n) is 5.16. The minimum absolute atomic E-state index is 0.484. The molecule has 2 aliphatic rings. The number of nitrogens with two attached hydrogens (primary N) is 1. The number of nitrogens with zero attached hydrogens (tertiary/aromatic N) is 2. The highest BCUT2D eigenvalue weighted by Crippen LogP contribution is 2.45. The summed E-state index contributed by atoms with van der Waals surface area (Å²) in [7, 11) is 0. The van der Waals surface area contributed by atoms with Gasteiger partial charge in [0.25, 0.3) is 0 Å². The Morgan fingerprint density at radius 3 is 2.94 bits per heavy atom. The fraction of sp³-hybridized carbons (Fsp3) is 0.538. The number of rotatable bonds is 2. The predicted molar refractivity (Wildman–Crippen MR) is 66.2 cm³/mol. The van der Waals surface area contributed by atoms with Crippen LogP contribution in [0.2, 0.25) is 0 Å². The molecule has 1 aromatic heterocycles. The first kappa shape index (κ1) is 10.4. The first-order valence-corrected chi connectivity index (χ1v) is 6.19. The van der Waals surface area contributed by atoms with Crippen LogP contribution in [0.25, 0.3) is 0 Å². The van der Waals surface area contributed by atoms with E-state index < -0.39 is 0 Å². The Morgan fingerprint density at radius 1 is 1.41 bits per heavy atom. The molecular weight excluding hydrogens is 212 g/mol. The summed E-state index contributed by atoms with van der Waals surface area (Å²) in [5, 5.41) is 12.4. The molecule has 3 unspecified atom stereocenters. The van der Waals surface area contributed by atoms with E-state index in [0.29, 0.717) is 23.1 Å². The summed E-state index contributed by atoms with van der Waals surface area (Å²) in [6.45, 7) is 0. The van der Waals surface area contributed by atoms with Crippen molar-refractivity contribution < 1.29 is 0 Å². The highest BCUT2D eigenvalue weighted by molar-refractivity contribution is 5.69. The SMILES string of the molecule is N#Cc1ccnc(NC2CC3CCC2C3)c1N. The molecule has 4 nitrogen and oxygen atoms in total. The van der Waals surface area contributed by atoms with Crippen LogP contribution < -0.4 is 11.1 Å². The smallest absolute Gasteiger partial charge is 0.150 e. The molecule has 17 heavy (non-hydrogen) atoms. The molecule has 2 aliphatic carbocycles. The van der Waals surface area contributed by atoms with Crippen molar-refractivity contribution >= 4 is 11.5 Å². The van der Waals surface area contributed by atoms with E-state index in [4.69, 9.17) is 11.0 Å². The average Bonchev–Trinajstić information content (AvgIpc) is 2.94. The Bertz CT molecular complexity index is 477.